The number of amides is 2. The molecule has 4 aromatic carbocycles. The van der Waals surface area contributed by atoms with Crippen LogP contribution in [0.15, 0.2) is 109 Å². The topological polar surface area (TPSA) is 158 Å². The molecule has 1 saturated heterocycles. The van der Waals surface area contributed by atoms with Crippen molar-refractivity contribution in [2.45, 2.75) is 0 Å². The van der Waals surface area contributed by atoms with E-state index in [9.17, 15) is 20.1 Å². The minimum atomic E-state index is -0.533. The van der Waals surface area contributed by atoms with Crippen molar-refractivity contribution in [1.82, 2.24) is 10.6 Å². The highest BCUT2D eigenvalue weighted by molar-refractivity contribution is 5.92. The van der Waals surface area contributed by atoms with E-state index >= 15 is 0 Å². The first-order valence-electron chi connectivity index (χ1n) is 14.0. The van der Waals surface area contributed by atoms with Gasteiger partial charge in [-0.2, -0.15) is 10.5 Å². The van der Waals surface area contributed by atoms with Crippen LogP contribution in [0.4, 0.5) is 0 Å². The summed E-state index contributed by atoms with van der Waals surface area (Å²) in [5.41, 5.74) is 16.2. The van der Waals surface area contributed by atoms with Crippen molar-refractivity contribution in [1.29, 1.82) is 10.5 Å². The molecule has 1 fully saturated rings. The number of hydrogen-bond donors (Lipinski definition) is 4. The maximum Gasteiger partial charge on any atom is 0.241 e. The number of piperazine rings is 1. The molecule has 0 spiro atoms. The second-order valence-electron chi connectivity index (χ2n) is 9.47. The van der Waals surface area contributed by atoms with Crippen LogP contribution >= 0.6 is 0 Å². The van der Waals surface area contributed by atoms with Gasteiger partial charge in [0.15, 0.2) is 0 Å². The summed E-state index contributed by atoms with van der Waals surface area (Å²) >= 11 is 0. The Bertz CT molecular complexity index is 1550. The number of carbonyl (C=O) groups excluding carboxylic acids is 2. The largest absolute Gasteiger partial charge is 0.366 e. The SMILES string of the molecule is C1CNCCN1.N#Cc1c(C=CC(N)=O)cccc1-c1ccccc1.N#Cc1c(C=CC(N)=O)cccc1-c1ccccc1. The molecule has 2 amide bonds. The molecular formula is C36H34N6O2. The Hall–Kier alpha value is -5.80. The molecule has 0 bridgehead atoms. The zero-order valence-electron chi connectivity index (χ0n) is 24.2. The molecule has 220 valence electrons. The molecule has 0 saturated carbocycles. The summed E-state index contributed by atoms with van der Waals surface area (Å²) in [5, 5.41) is 25.1. The predicted octanol–water partition coefficient (Wildman–Crippen LogP) is 4.63. The van der Waals surface area contributed by atoms with E-state index in [0.717, 1.165) is 48.4 Å². The molecule has 5 rings (SSSR count). The summed E-state index contributed by atoms with van der Waals surface area (Å²) in [6.07, 6.45) is 5.64. The van der Waals surface area contributed by atoms with E-state index < -0.39 is 11.8 Å². The standard InChI is InChI=1S/2C16H12N2O.C4H10N2/c2*17-11-15-13(9-10-16(18)19)7-4-8-14(15)12-5-2-1-3-6-12;1-2-6-4-3-5-1/h2*1-10H,(H2,18,19);5-6H,1-4H2. The van der Waals surface area contributed by atoms with Crippen LogP contribution in [-0.2, 0) is 9.59 Å². The number of carbonyl (C=O) groups is 2. The highest BCUT2D eigenvalue weighted by atomic mass is 16.1. The smallest absolute Gasteiger partial charge is 0.241 e. The summed E-state index contributed by atoms with van der Waals surface area (Å²) in [5.74, 6) is -1.07. The van der Waals surface area contributed by atoms with Gasteiger partial charge in [0.25, 0.3) is 0 Å². The normalized spacial score (nSPS) is 12.1. The van der Waals surface area contributed by atoms with Gasteiger partial charge >= 0.3 is 0 Å². The first-order chi connectivity index (χ1) is 21.4. The van der Waals surface area contributed by atoms with Gasteiger partial charge in [-0.3, -0.25) is 9.59 Å². The second-order valence-corrected chi connectivity index (χ2v) is 9.47. The van der Waals surface area contributed by atoms with Gasteiger partial charge in [-0.1, -0.05) is 97.1 Å². The number of rotatable bonds is 6. The number of primary amides is 2. The van der Waals surface area contributed by atoms with Gasteiger partial charge in [0.2, 0.25) is 11.8 Å². The summed E-state index contributed by atoms with van der Waals surface area (Å²) in [6.45, 7) is 4.56. The fraction of sp³-hybridized carbons (Fsp3) is 0.111. The lowest BCUT2D eigenvalue weighted by atomic mass is 9.96. The summed E-state index contributed by atoms with van der Waals surface area (Å²) < 4.78 is 0. The Morgan fingerprint density at radius 3 is 1.23 bits per heavy atom. The highest BCUT2D eigenvalue weighted by Gasteiger charge is 2.09. The fourth-order valence-corrected chi connectivity index (χ4v) is 4.33. The third-order valence-electron chi connectivity index (χ3n) is 6.40. The average molecular weight is 583 g/mol. The van der Waals surface area contributed by atoms with Crippen LogP contribution in [0.3, 0.4) is 0 Å². The van der Waals surface area contributed by atoms with E-state index in [2.05, 4.69) is 22.8 Å². The lowest BCUT2D eigenvalue weighted by molar-refractivity contribution is -0.114. The molecule has 8 nitrogen and oxygen atoms in total. The van der Waals surface area contributed by atoms with Gasteiger partial charge in [-0.05, 0) is 34.4 Å². The van der Waals surface area contributed by atoms with Gasteiger partial charge in [0.05, 0.1) is 11.1 Å². The van der Waals surface area contributed by atoms with Crippen LogP contribution in [0.1, 0.15) is 22.3 Å². The quantitative estimate of drug-likeness (QED) is 0.243. The molecule has 0 unspecified atom stereocenters. The van der Waals surface area contributed by atoms with Gasteiger partial charge in [0, 0.05) is 49.5 Å². The number of hydrogen-bond acceptors (Lipinski definition) is 6. The van der Waals surface area contributed by atoms with Crippen molar-refractivity contribution in [3.05, 3.63) is 131 Å². The lowest BCUT2D eigenvalue weighted by Crippen LogP contribution is -2.39. The molecule has 0 atom stereocenters. The minimum absolute atomic E-state index is 0.533. The van der Waals surface area contributed by atoms with Gasteiger partial charge in [-0.25, -0.2) is 0 Å². The van der Waals surface area contributed by atoms with Crippen molar-refractivity contribution < 1.29 is 9.59 Å². The Morgan fingerprint density at radius 1 is 0.568 bits per heavy atom. The fourth-order valence-electron chi connectivity index (χ4n) is 4.33. The van der Waals surface area contributed by atoms with E-state index in [1.807, 2.05) is 84.9 Å². The molecular weight excluding hydrogens is 548 g/mol. The lowest BCUT2D eigenvalue weighted by Gasteiger charge is -2.11. The molecule has 44 heavy (non-hydrogen) atoms. The first-order valence-corrected chi connectivity index (χ1v) is 14.0. The summed E-state index contributed by atoms with van der Waals surface area (Å²) in [6, 6.07) is 34.7. The molecule has 4 aromatic rings. The molecule has 1 aliphatic rings. The van der Waals surface area contributed by atoms with Gasteiger partial charge in [0.1, 0.15) is 12.1 Å². The van der Waals surface area contributed by atoms with E-state index in [-0.39, 0.29) is 0 Å². The summed E-state index contributed by atoms with van der Waals surface area (Å²) in [7, 11) is 0. The highest BCUT2D eigenvalue weighted by Crippen LogP contribution is 2.27. The number of nitriles is 2. The van der Waals surface area contributed by atoms with E-state index in [0.29, 0.717) is 22.3 Å². The van der Waals surface area contributed by atoms with Crippen LogP contribution in [-0.4, -0.2) is 38.0 Å². The van der Waals surface area contributed by atoms with Crippen molar-refractivity contribution in [3.63, 3.8) is 0 Å². The second kappa shape index (κ2) is 17.9. The third kappa shape index (κ3) is 10.2. The molecule has 1 heterocycles. The predicted molar refractivity (Wildman–Crippen MR) is 175 cm³/mol. The number of benzene rings is 4. The monoisotopic (exact) mass is 582 g/mol. The molecule has 8 heteroatoms. The average Bonchev–Trinajstić information content (AvgIpc) is 3.08. The Kier molecular flexibility index (Phi) is 13.3. The van der Waals surface area contributed by atoms with Gasteiger partial charge < -0.3 is 22.1 Å². The number of nitrogens with two attached hydrogens (primary N) is 2. The van der Waals surface area contributed by atoms with E-state index in [4.69, 9.17) is 11.5 Å². The van der Waals surface area contributed by atoms with Gasteiger partial charge in [-0.15, -0.1) is 0 Å². The maximum absolute atomic E-state index is 10.8. The number of nitrogens with one attached hydrogen (secondary N) is 2. The van der Waals surface area contributed by atoms with E-state index in [1.165, 1.54) is 12.2 Å². The zero-order chi connectivity index (χ0) is 31.6. The van der Waals surface area contributed by atoms with E-state index in [1.54, 1.807) is 24.3 Å². The van der Waals surface area contributed by atoms with Crippen LogP contribution in [0, 0.1) is 22.7 Å². The van der Waals surface area contributed by atoms with Crippen molar-refractivity contribution in [2.24, 2.45) is 11.5 Å². The Morgan fingerprint density at radius 2 is 0.932 bits per heavy atom. The molecule has 0 aliphatic carbocycles. The molecule has 0 radical (unpaired) electrons. The van der Waals surface area contributed by atoms with Crippen molar-refractivity contribution >= 4 is 24.0 Å². The molecule has 0 aromatic heterocycles. The first kappa shape index (κ1) is 32.7. The summed E-state index contributed by atoms with van der Waals surface area (Å²) in [4.78, 5) is 21.6. The maximum atomic E-state index is 10.8. The zero-order valence-corrected chi connectivity index (χ0v) is 24.2. The number of nitrogens with zero attached hydrogens (tertiary/aromatic N) is 2. The minimum Gasteiger partial charge on any atom is -0.366 e. The van der Waals surface area contributed by atoms with Crippen LogP contribution in [0.25, 0.3) is 34.4 Å². The molecule has 1 aliphatic heterocycles. The Balaban J connectivity index is 0.000000202. The third-order valence-corrected chi connectivity index (χ3v) is 6.40. The van der Waals surface area contributed by atoms with Crippen LogP contribution in [0.2, 0.25) is 0 Å². The van der Waals surface area contributed by atoms with Crippen LogP contribution in [0.5, 0.6) is 0 Å². The molecule has 6 N–H and O–H groups in total. The van der Waals surface area contributed by atoms with Crippen molar-refractivity contribution in [3.8, 4) is 34.4 Å². The Labute approximate surface area is 257 Å². The van der Waals surface area contributed by atoms with Crippen molar-refractivity contribution in [2.75, 3.05) is 26.2 Å². The van der Waals surface area contributed by atoms with Crippen LogP contribution < -0.4 is 22.1 Å².